The van der Waals surface area contributed by atoms with E-state index in [1.165, 1.54) is 28.6 Å². The Morgan fingerprint density at radius 1 is 1.17 bits per heavy atom. The number of aromatic nitrogens is 2. The van der Waals surface area contributed by atoms with Crippen molar-refractivity contribution in [3.8, 4) is 0 Å². The van der Waals surface area contributed by atoms with Crippen LogP contribution in [0.25, 0.3) is 0 Å². The predicted octanol–water partition coefficient (Wildman–Crippen LogP) is 3.22. The molecule has 1 aromatic heterocycles. The van der Waals surface area contributed by atoms with Crippen molar-refractivity contribution in [2.75, 3.05) is 17.3 Å². The number of carbonyl (C=O) groups is 1. The van der Waals surface area contributed by atoms with Gasteiger partial charge in [0, 0.05) is 5.69 Å². The zero-order chi connectivity index (χ0) is 21.0. The van der Waals surface area contributed by atoms with Crippen LogP contribution in [0, 0.1) is 0 Å². The molecule has 3 rings (SSSR count). The lowest BCUT2D eigenvalue weighted by molar-refractivity contribution is -0.116. The number of anilines is 2. The first-order chi connectivity index (χ1) is 13.9. The second kappa shape index (κ2) is 8.71. The molecule has 0 saturated heterocycles. The maximum Gasteiger partial charge on any atom is 0.246 e. The van der Waals surface area contributed by atoms with Crippen LogP contribution in [0.3, 0.4) is 0 Å². The number of aryl methyl sites for hydroxylation is 1. The highest BCUT2D eigenvalue weighted by Crippen LogP contribution is 2.33. The average molecular weight is 431 g/mol. The number of hydrogen-bond acceptors (Lipinski definition) is 6. The molecule has 29 heavy (non-hydrogen) atoms. The molecule has 152 valence electrons. The highest BCUT2D eigenvalue weighted by atomic mass is 32.2. The number of amides is 1. The van der Waals surface area contributed by atoms with Gasteiger partial charge in [0.15, 0.2) is 0 Å². The molecule has 7 nitrogen and oxygen atoms in total. The highest BCUT2D eigenvalue weighted by Gasteiger charge is 2.29. The van der Waals surface area contributed by atoms with Crippen LogP contribution in [0.15, 0.2) is 69.4 Å². The molecule has 1 amide bonds. The molecule has 0 saturated carbocycles. The summed E-state index contributed by atoms with van der Waals surface area (Å²) >= 11 is 1.17. The molecule has 0 radical (unpaired) electrons. The third-order valence-electron chi connectivity index (χ3n) is 4.34. The minimum absolute atomic E-state index is 0.0596. The van der Waals surface area contributed by atoms with Gasteiger partial charge in [0.2, 0.25) is 15.7 Å². The molecule has 3 aromatic rings. The standard InChI is InChI=1S/C20H22N4O3S2/c1-3-14-8-7-9-15(12-14)22-17(25)13-24-19(21)18(20(23-24)28-2)29(26,27)16-10-5-4-6-11-16/h4-12H,3,13,21H2,1-2H3,(H,22,25). The molecular formula is C20H22N4O3S2. The van der Waals surface area contributed by atoms with Crippen LogP contribution >= 0.6 is 11.8 Å². The topological polar surface area (TPSA) is 107 Å². The minimum Gasteiger partial charge on any atom is -0.383 e. The number of thioether (sulfide) groups is 1. The number of rotatable bonds is 7. The molecule has 2 aromatic carbocycles. The van der Waals surface area contributed by atoms with E-state index < -0.39 is 9.84 Å². The van der Waals surface area contributed by atoms with Crippen molar-refractivity contribution in [2.45, 2.75) is 34.7 Å². The van der Waals surface area contributed by atoms with E-state index in [-0.39, 0.29) is 33.1 Å². The first-order valence-corrected chi connectivity index (χ1v) is 11.7. The van der Waals surface area contributed by atoms with E-state index in [1.807, 2.05) is 25.1 Å². The normalized spacial score (nSPS) is 11.4. The van der Waals surface area contributed by atoms with Crippen LogP contribution < -0.4 is 11.1 Å². The van der Waals surface area contributed by atoms with Gasteiger partial charge in [0.25, 0.3) is 0 Å². The maximum absolute atomic E-state index is 13.0. The van der Waals surface area contributed by atoms with Gasteiger partial charge in [-0.05, 0) is 42.5 Å². The quantitative estimate of drug-likeness (QED) is 0.557. The number of benzene rings is 2. The van der Waals surface area contributed by atoms with Crippen molar-refractivity contribution in [3.05, 3.63) is 60.2 Å². The molecule has 0 atom stereocenters. The van der Waals surface area contributed by atoms with Crippen molar-refractivity contribution in [1.29, 1.82) is 0 Å². The second-order valence-electron chi connectivity index (χ2n) is 6.30. The first kappa shape index (κ1) is 20.9. The Hall–Kier alpha value is -2.78. The minimum atomic E-state index is -3.86. The maximum atomic E-state index is 13.0. The lowest BCUT2D eigenvalue weighted by atomic mass is 10.1. The molecule has 0 aliphatic rings. The number of nitrogens with one attached hydrogen (secondary N) is 1. The first-order valence-electron chi connectivity index (χ1n) is 8.96. The Kier molecular flexibility index (Phi) is 6.29. The van der Waals surface area contributed by atoms with Crippen molar-refractivity contribution in [1.82, 2.24) is 9.78 Å². The predicted molar refractivity (Wildman–Crippen MR) is 115 cm³/mol. The van der Waals surface area contributed by atoms with E-state index in [2.05, 4.69) is 10.4 Å². The number of nitrogens with two attached hydrogens (primary N) is 1. The monoisotopic (exact) mass is 430 g/mol. The van der Waals surface area contributed by atoms with Crippen LogP contribution in [0.4, 0.5) is 11.5 Å². The Balaban J connectivity index is 1.89. The van der Waals surface area contributed by atoms with Crippen molar-refractivity contribution < 1.29 is 13.2 Å². The van der Waals surface area contributed by atoms with E-state index >= 15 is 0 Å². The Morgan fingerprint density at radius 3 is 2.55 bits per heavy atom. The lowest BCUT2D eigenvalue weighted by Crippen LogP contribution is -2.21. The zero-order valence-corrected chi connectivity index (χ0v) is 17.8. The fourth-order valence-electron chi connectivity index (χ4n) is 2.87. The Labute approximate surface area is 174 Å². The molecule has 0 spiro atoms. The number of carbonyl (C=O) groups excluding carboxylic acids is 1. The summed E-state index contributed by atoms with van der Waals surface area (Å²) in [6.45, 7) is 1.84. The van der Waals surface area contributed by atoms with Gasteiger partial charge in [-0.25, -0.2) is 13.1 Å². The summed E-state index contributed by atoms with van der Waals surface area (Å²) in [6.07, 6.45) is 2.57. The van der Waals surface area contributed by atoms with E-state index in [4.69, 9.17) is 5.73 Å². The van der Waals surface area contributed by atoms with Crippen LogP contribution in [0.5, 0.6) is 0 Å². The number of nitrogen functional groups attached to an aromatic ring is 1. The van der Waals surface area contributed by atoms with Gasteiger partial charge in [-0.1, -0.05) is 37.3 Å². The smallest absolute Gasteiger partial charge is 0.246 e. The second-order valence-corrected chi connectivity index (χ2v) is 8.98. The number of sulfone groups is 1. The summed E-state index contributed by atoms with van der Waals surface area (Å²) in [4.78, 5) is 12.5. The molecule has 0 aliphatic heterocycles. The summed E-state index contributed by atoms with van der Waals surface area (Å²) in [5, 5.41) is 7.30. The van der Waals surface area contributed by atoms with Gasteiger partial charge in [-0.3, -0.25) is 4.79 Å². The van der Waals surface area contributed by atoms with Gasteiger partial charge in [-0.2, -0.15) is 5.10 Å². The lowest BCUT2D eigenvalue weighted by Gasteiger charge is -2.08. The fraction of sp³-hybridized carbons (Fsp3) is 0.200. The van der Waals surface area contributed by atoms with E-state index in [9.17, 15) is 13.2 Å². The number of nitrogens with zero attached hydrogens (tertiary/aromatic N) is 2. The fourth-order valence-corrected chi connectivity index (χ4v) is 5.32. The Bertz CT molecular complexity index is 1130. The third-order valence-corrected chi connectivity index (χ3v) is 6.98. The van der Waals surface area contributed by atoms with Gasteiger partial charge < -0.3 is 11.1 Å². The van der Waals surface area contributed by atoms with Gasteiger partial charge in [-0.15, -0.1) is 11.8 Å². The largest absolute Gasteiger partial charge is 0.383 e. The highest BCUT2D eigenvalue weighted by molar-refractivity contribution is 7.99. The molecular weight excluding hydrogens is 408 g/mol. The summed E-state index contributed by atoms with van der Waals surface area (Å²) < 4.78 is 27.3. The third kappa shape index (κ3) is 4.46. The molecule has 9 heteroatoms. The Morgan fingerprint density at radius 2 is 1.90 bits per heavy atom. The zero-order valence-electron chi connectivity index (χ0n) is 16.1. The summed E-state index contributed by atoms with van der Waals surface area (Å²) in [6, 6.07) is 15.6. The molecule has 0 bridgehead atoms. The molecule has 3 N–H and O–H groups in total. The SMILES string of the molecule is CCc1cccc(NC(=O)Cn2nc(SC)c(S(=O)(=O)c3ccccc3)c2N)c1. The van der Waals surface area contributed by atoms with Gasteiger partial charge >= 0.3 is 0 Å². The van der Waals surface area contributed by atoms with Crippen molar-refractivity contribution in [3.63, 3.8) is 0 Å². The average Bonchev–Trinajstić information content (AvgIpc) is 3.04. The molecule has 0 fully saturated rings. The molecule has 0 aliphatic carbocycles. The molecule has 1 heterocycles. The van der Waals surface area contributed by atoms with Crippen molar-refractivity contribution >= 4 is 39.0 Å². The van der Waals surface area contributed by atoms with E-state index in [0.29, 0.717) is 5.69 Å². The van der Waals surface area contributed by atoms with E-state index in [1.54, 1.807) is 30.5 Å². The number of hydrogen-bond donors (Lipinski definition) is 2. The van der Waals surface area contributed by atoms with Crippen LogP contribution in [0.1, 0.15) is 12.5 Å². The summed E-state index contributed by atoms with van der Waals surface area (Å²) in [5.74, 6) is -0.403. The van der Waals surface area contributed by atoms with Gasteiger partial charge in [0.1, 0.15) is 22.3 Å². The van der Waals surface area contributed by atoms with Crippen LogP contribution in [0.2, 0.25) is 0 Å². The summed E-state index contributed by atoms with van der Waals surface area (Å²) in [5.41, 5.74) is 7.89. The van der Waals surface area contributed by atoms with E-state index in [0.717, 1.165) is 12.0 Å². The summed E-state index contributed by atoms with van der Waals surface area (Å²) in [7, 11) is -3.86. The van der Waals surface area contributed by atoms with Crippen molar-refractivity contribution in [2.24, 2.45) is 0 Å². The van der Waals surface area contributed by atoms with Crippen LogP contribution in [-0.4, -0.2) is 30.4 Å². The van der Waals surface area contributed by atoms with Crippen LogP contribution in [-0.2, 0) is 27.6 Å². The van der Waals surface area contributed by atoms with Gasteiger partial charge in [0.05, 0.1) is 4.90 Å². The molecule has 0 unspecified atom stereocenters.